The molecular weight excluding hydrogens is 174 g/mol. The maximum absolute atomic E-state index is 5.39. The van der Waals surface area contributed by atoms with Crippen molar-refractivity contribution in [3.8, 4) is 5.75 Å². The van der Waals surface area contributed by atoms with Gasteiger partial charge in [-0.3, -0.25) is 0 Å². The average molecular weight is 194 g/mol. The van der Waals surface area contributed by atoms with Crippen LogP contribution in [0.4, 0.5) is 0 Å². The number of benzene rings is 1. The molecule has 1 rings (SSSR count). The lowest BCUT2D eigenvalue weighted by atomic mass is 10.2. The van der Waals surface area contributed by atoms with Crippen LogP contribution >= 0.6 is 0 Å². The van der Waals surface area contributed by atoms with Crippen molar-refractivity contribution in [1.82, 2.24) is 0 Å². The van der Waals surface area contributed by atoms with Gasteiger partial charge in [-0.15, -0.1) is 0 Å². The van der Waals surface area contributed by atoms with Crippen molar-refractivity contribution in [3.05, 3.63) is 29.8 Å². The van der Waals surface area contributed by atoms with E-state index in [9.17, 15) is 0 Å². The summed E-state index contributed by atoms with van der Waals surface area (Å²) in [5, 5.41) is 0. The molecule has 0 aliphatic carbocycles. The molecule has 0 amide bonds. The van der Waals surface area contributed by atoms with Crippen molar-refractivity contribution in [2.45, 2.75) is 13.5 Å². The van der Waals surface area contributed by atoms with Crippen LogP contribution in [-0.2, 0) is 6.54 Å². The fourth-order valence-electron chi connectivity index (χ4n) is 1.41. The van der Waals surface area contributed by atoms with Gasteiger partial charge in [0.05, 0.1) is 27.7 Å². The first-order chi connectivity index (χ1) is 6.51. The molecule has 0 heterocycles. The van der Waals surface area contributed by atoms with E-state index in [0.29, 0.717) is 0 Å². The van der Waals surface area contributed by atoms with Crippen LogP contribution in [0.2, 0.25) is 0 Å². The van der Waals surface area contributed by atoms with Gasteiger partial charge < -0.3 is 9.22 Å². The lowest BCUT2D eigenvalue weighted by molar-refractivity contribution is -0.884. The van der Waals surface area contributed by atoms with Gasteiger partial charge in [-0.2, -0.15) is 0 Å². The molecule has 0 atom stereocenters. The largest absolute Gasteiger partial charge is 0.494 e. The molecule has 1 aromatic carbocycles. The Morgan fingerprint density at radius 2 is 1.64 bits per heavy atom. The lowest BCUT2D eigenvalue weighted by Gasteiger charge is -2.23. The van der Waals surface area contributed by atoms with Gasteiger partial charge >= 0.3 is 0 Å². The van der Waals surface area contributed by atoms with Gasteiger partial charge in [0, 0.05) is 5.56 Å². The number of rotatable bonds is 4. The van der Waals surface area contributed by atoms with Crippen LogP contribution in [0.5, 0.6) is 5.75 Å². The normalized spacial score (nSPS) is 11.4. The predicted octanol–water partition coefficient (Wildman–Crippen LogP) is 2.29. The molecular formula is C12H20NO+. The molecule has 14 heavy (non-hydrogen) atoms. The number of hydrogen-bond acceptors (Lipinski definition) is 1. The highest BCUT2D eigenvalue weighted by atomic mass is 16.5. The second-order valence-corrected chi connectivity index (χ2v) is 4.53. The summed E-state index contributed by atoms with van der Waals surface area (Å²) in [5.74, 6) is 0.956. The van der Waals surface area contributed by atoms with Crippen LogP contribution in [0.3, 0.4) is 0 Å². The second-order valence-electron chi connectivity index (χ2n) is 4.53. The Morgan fingerprint density at radius 1 is 1.07 bits per heavy atom. The molecule has 2 nitrogen and oxygen atoms in total. The third-order valence-corrected chi connectivity index (χ3v) is 1.89. The summed E-state index contributed by atoms with van der Waals surface area (Å²) in [5.41, 5.74) is 1.35. The van der Waals surface area contributed by atoms with Crippen LogP contribution in [-0.4, -0.2) is 32.2 Å². The second kappa shape index (κ2) is 4.47. The smallest absolute Gasteiger partial charge is 0.119 e. The Labute approximate surface area is 86.7 Å². The first kappa shape index (κ1) is 11.1. The predicted molar refractivity (Wildman–Crippen MR) is 59.3 cm³/mol. The van der Waals surface area contributed by atoms with Gasteiger partial charge in [-0.1, -0.05) is 0 Å². The Bertz CT molecular complexity index is 271. The van der Waals surface area contributed by atoms with Crippen molar-refractivity contribution >= 4 is 0 Å². The minimum absolute atomic E-state index is 0.731. The molecule has 0 fully saturated rings. The Balaban J connectivity index is 2.64. The maximum Gasteiger partial charge on any atom is 0.119 e. The van der Waals surface area contributed by atoms with Gasteiger partial charge in [-0.05, 0) is 31.2 Å². The van der Waals surface area contributed by atoms with E-state index in [4.69, 9.17) is 4.74 Å². The summed E-state index contributed by atoms with van der Waals surface area (Å²) in [6.45, 7) is 3.78. The SMILES string of the molecule is CCOc1ccc(C[N+](C)(C)C)cc1. The van der Waals surface area contributed by atoms with Gasteiger partial charge in [0.2, 0.25) is 0 Å². The third-order valence-electron chi connectivity index (χ3n) is 1.89. The molecule has 2 heteroatoms. The lowest BCUT2D eigenvalue weighted by Crippen LogP contribution is -2.33. The molecule has 0 aliphatic heterocycles. The van der Waals surface area contributed by atoms with Crippen molar-refractivity contribution < 1.29 is 9.22 Å². The van der Waals surface area contributed by atoms with Crippen molar-refractivity contribution in [2.75, 3.05) is 27.7 Å². The minimum atomic E-state index is 0.731. The zero-order valence-corrected chi connectivity index (χ0v) is 9.58. The Hall–Kier alpha value is -1.02. The molecule has 0 N–H and O–H groups in total. The highest BCUT2D eigenvalue weighted by Gasteiger charge is 2.07. The number of quaternary nitrogens is 1. The van der Waals surface area contributed by atoms with E-state index in [1.54, 1.807) is 0 Å². The van der Waals surface area contributed by atoms with Gasteiger partial charge in [0.15, 0.2) is 0 Å². The van der Waals surface area contributed by atoms with E-state index in [1.807, 2.05) is 19.1 Å². The van der Waals surface area contributed by atoms with E-state index in [1.165, 1.54) is 5.56 Å². The molecule has 0 radical (unpaired) electrons. The average Bonchev–Trinajstić information content (AvgIpc) is 2.06. The molecule has 0 saturated heterocycles. The first-order valence-electron chi connectivity index (χ1n) is 5.03. The number of nitrogens with zero attached hydrogens (tertiary/aromatic N) is 1. The topological polar surface area (TPSA) is 9.23 Å². The van der Waals surface area contributed by atoms with Crippen LogP contribution in [0.1, 0.15) is 12.5 Å². The highest BCUT2D eigenvalue weighted by molar-refractivity contribution is 5.26. The molecule has 78 valence electrons. The fraction of sp³-hybridized carbons (Fsp3) is 0.500. The Morgan fingerprint density at radius 3 is 2.07 bits per heavy atom. The van der Waals surface area contributed by atoms with E-state index in [2.05, 4.69) is 33.3 Å². The first-order valence-corrected chi connectivity index (χ1v) is 5.03. The van der Waals surface area contributed by atoms with Gasteiger partial charge in [-0.25, -0.2) is 0 Å². The summed E-state index contributed by atoms with van der Waals surface area (Å²) < 4.78 is 6.34. The summed E-state index contributed by atoms with van der Waals surface area (Å²) in [6, 6.07) is 8.34. The monoisotopic (exact) mass is 194 g/mol. The highest BCUT2D eigenvalue weighted by Crippen LogP contribution is 2.14. The molecule has 0 aromatic heterocycles. The molecule has 0 saturated carbocycles. The molecule has 0 bridgehead atoms. The quantitative estimate of drug-likeness (QED) is 0.668. The van der Waals surface area contributed by atoms with E-state index in [0.717, 1.165) is 23.4 Å². The summed E-state index contributed by atoms with van der Waals surface area (Å²) >= 11 is 0. The zero-order valence-electron chi connectivity index (χ0n) is 9.58. The molecule has 0 aliphatic rings. The van der Waals surface area contributed by atoms with Gasteiger partial charge in [0.25, 0.3) is 0 Å². The standard InChI is InChI=1S/C12H20NO/c1-5-14-12-8-6-11(7-9-12)10-13(2,3)4/h6-9H,5,10H2,1-4H3/q+1. The Kier molecular flexibility index (Phi) is 3.53. The third kappa shape index (κ3) is 3.79. The summed E-state index contributed by atoms with van der Waals surface area (Å²) in [6.07, 6.45) is 0. The van der Waals surface area contributed by atoms with Crippen LogP contribution in [0, 0.1) is 0 Å². The van der Waals surface area contributed by atoms with Crippen molar-refractivity contribution in [2.24, 2.45) is 0 Å². The fourth-order valence-corrected chi connectivity index (χ4v) is 1.41. The number of ether oxygens (including phenoxy) is 1. The van der Waals surface area contributed by atoms with Gasteiger partial charge in [0.1, 0.15) is 12.3 Å². The minimum Gasteiger partial charge on any atom is -0.494 e. The van der Waals surface area contributed by atoms with Crippen LogP contribution < -0.4 is 4.74 Å². The van der Waals surface area contributed by atoms with Crippen molar-refractivity contribution in [1.29, 1.82) is 0 Å². The summed E-state index contributed by atoms with van der Waals surface area (Å²) in [4.78, 5) is 0. The van der Waals surface area contributed by atoms with E-state index in [-0.39, 0.29) is 0 Å². The zero-order chi connectivity index (χ0) is 10.6. The van der Waals surface area contributed by atoms with E-state index >= 15 is 0 Å². The maximum atomic E-state index is 5.39. The number of hydrogen-bond donors (Lipinski definition) is 0. The molecule has 1 aromatic rings. The molecule has 0 spiro atoms. The van der Waals surface area contributed by atoms with Crippen molar-refractivity contribution in [3.63, 3.8) is 0 Å². The van der Waals surface area contributed by atoms with E-state index < -0.39 is 0 Å². The van der Waals surface area contributed by atoms with Crippen LogP contribution in [0.15, 0.2) is 24.3 Å². The summed E-state index contributed by atoms with van der Waals surface area (Å²) in [7, 11) is 6.57. The molecule has 0 unspecified atom stereocenters. The van der Waals surface area contributed by atoms with Crippen LogP contribution in [0.25, 0.3) is 0 Å².